The normalized spacial score (nSPS) is 13.9. The smallest absolute Gasteiger partial charge is 0.139 e. The van der Waals surface area contributed by atoms with Crippen molar-refractivity contribution in [1.82, 2.24) is 15.0 Å². The lowest BCUT2D eigenvalue weighted by Crippen LogP contribution is -2.18. The molecule has 1 aliphatic rings. The van der Waals surface area contributed by atoms with Crippen LogP contribution in [0.25, 0.3) is 21.3 Å². The summed E-state index contributed by atoms with van der Waals surface area (Å²) in [5, 5.41) is 6.73. The molecule has 28 heavy (non-hydrogen) atoms. The summed E-state index contributed by atoms with van der Waals surface area (Å²) in [5.41, 5.74) is 3.50. The molecule has 1 N–H and O–H groups in total. The van der Waals surface area contributed by atoms with Crippen molar-refractivity contribution in [2.45, 2.75) is 19.4 Å². The molecule has 3 aromatic heterocycles. The van der Waals surface area contributed by atoms with Gasteiger partial charge >= 0.3 is 0 Å². The zero-order chi connectivity index (χ0) is 18.8. The molecule has 0 amide bonds. The number of anilines is 2. The minimum Gasteiger partial charge on any atom is -0.365 e. The van der Waals surface area contributed by atoms with Gasteiger partial charge in [0.05, 0.1) is 5.39 Å². The topological polar surface area (TPSA) is 53.9 Å². The summed E-state index contributed by atoms with van der Waals surface area (Å²) >= 11 is 1.65. The van der Waals surface area contributed by atoms with Crippen LogP contribution in [0.15, 0.2) is 60.4 Å². The van der Waals surface area contributed by atoms with Gasteiger partial charge in [-0.25, -0.2) is 15.0 Å². The van der Waals surface area contributed by atoms with E-state index < -0.39 is 0 Å². The van der Waals surface area contributed by atoms with Crippen molar-refractivity contribution in [2.24, 2.45) is 0 Å². The third kappa shape index (κ3) is 3.31. The molecule has 1 saturated heterocycles. The molecular formula is C22H21N5S. The van der Waals surface area contributed by atoms with Crippen molar-refractivity contribution in [3.63, 3.8) is 0 Å². The van der Waals surface area contributed by atoms with Gasteiger partial charge < -0.3 is 10.2 Å². The van der Waals surface area contributed by atoms with Crippen LogP contribution in [0.3, 0.4) is 0 Å². The van der Waals surface area contributed by atoms with E-state index in [0.717, 1.165) is 40.5 Å². The van der Waals surface area contributed by atoms with Gasteiger partial charge in [-0.2, -0.15) is 0 Å². The second-order valence-corrected chi connectivity index (χ2v) is 7.85. The molecule has 0 bridgehead atoms. The Morgan fingerprint density at radius 2 is 1.82 bits per heavy atom. The number of aromatic nitrogens is 3. The molecule has 140 valence electrons. The van der Waals surface area contributed by atoms with Gasteiger partial charge in [-0.15, -0.1) is 11.3 Å². The number of nitrogens with one attached hydrogen (secondary N) is 1. The van der Waals surface area contributed by atoms with Gasteiger partial charge in [0.1, 0.15) is 22.8 Å². The van der Waals surface area contributed by atoms with Gasteiger partial charge in [0.25, 0.3) is 0 Å². The molecule has 0 aliphatic carbocycles. The van der Waals surface area contributed by atoms with Crippen LogP contribution in [-0.2, 0) is 6.54 Å². The van der Waals surface area contributed by atoms with E-state index in [1.807, 2.05) is 12.3 Å². The van der Waals surface area contributed by atoms with Crippen LogP contribution in [0.1, 0.15) is 18.4 Å². The van der Waals surface area contributed by atoms with E-state index in [-0.39, 0.29) is 0 Å². The monoisotopic (exact) mass is 387 g/mol. The number of hydrogen-bond donors (Lipinski definition) is 1. The quantitative estimate of drug-likeness (QED) is 0.524. The Hall–Kier alpha value is -2.99. The van der Waals surface area contributed by atoms with E-state index in [9.17, 15) is 0 Å². The summed E-state index contributed by atoms with van der Waals surface area (Å²) < 4.78 is 0. The molecule has 1 fully saturated rings. The molecule has 0 unspecified atom stereocenters. The molecular weight excluding hydrogens is 366 g/mol. The second kappa shape index (κ2) is 7.56. The number of benzene rings is 1. The van der Waals surface area contributed by atoms with Gasteiger partial charge in [-0.05, 0) is 30.0 Å². The van der Waals surface area contributed by atoms with Crippen molar-refractivity contribution in [2.75, 3.05) is 23.3 Å². The Morgan fingerprint density at radius 1 is 0.964 bits per heavy atom. The fourth-order valence-electron chi connectivity index (χ4n) is 3.68. The largest absolute Gasteiger partial charge is 0.365 e. The molecule has 1 aromatic carbocycles. The summed E-state index contributed by atoms with van der Waals surface area (Å²) in [4.78, 5) is 17.0. The van der Waals surface area contributed by atoms with E-state index in [1.165, 1.54) is 24.0 Å². The third-order valence-corrected chi connectivity index (χ3v) is 6.04. The number of nitrogens with zero attached hydrogens (tertiary/aromatic N) is 4. The molecule has 4 heterocycles. The minimum absolute atomic E-state index is 0.684. The number of thiophene rings is 1. The van der Waals surface area contributed by atoms with Crippen LogP contribution in [-0.4, -0.2) is 28.0 Å². The fraction of sp³-hybridized carbons (Fsp3) is 0.227. The van der Waals surface area contributed by atoms with Crippen molar-refractivity contribution < 1.29 is 0 Å². The predicted molar refractivity (Wildman–Crippen MR) is 116 cm³/mol. The van der Waals surface area contributed by atoms with Crippen LogP contribution >= 0.6 is 11.3 Å². The van der Waals surface area contributed by atoms with Gasteiger partial charge in [0.15, 0.2) is 0 Å². The van der Waals surface area contributed by atoms with Crippen LogP contribution in [0.4, 0.5) is 11.6 Å². The number of fused-ring (bicyclic) bond motifs is 1. The zero-order valence-electron chi connectivity index (χ0n) is 15.5. The summed E-state index contributed by atoms with van der Waals surface area (Å²) in [5.74, 6) is 1.95. The Bertz CT molecular complexity index is 1070. The standard InChI is InChI=1S/C22H21N5S/c1-2-6-17(7-3-1)18-14-28-22-20(18)21(25-15-26-22)24-13-16-8-9-19(23-12-16)27-10-4-5-11-27/h1-3,6-9,12,14-15H,4-5,10-11,13H2,(H,24,25,26). The van der Waals surface area contributed by atoms with E-state index in [4.69, 9.17) is 0 Å². The molecule has 4 aromatic rings. The number of pyridine rings is 1. The van der Waals surface area contributed by atoms with Gasteiger partial charge in [0, 0.05) is 36.8 Å². The minimum atomic E-state index is 0.684. The highest BCUT2D eigenvalue weighted by molar-refractivity contribution is 7.17. The van der Waals surface area contributed by atoms with Crippen molar-refractivity contribution in [1.29, 1.82) is 0 Å². The van der Waals surface area contributed by atoms with Gasteiger partial charge in [-0.3, -0.25) is 0 Å². The van der Waals surface area contributed by atoms with E-state index in [1.54, 1.807) is 17.7 Å². The Kier molecular flexibility index (Phi) is 4.62. The van der Waals surface area contributed by atoms with E-state index in [0.29, 0.717) is 6.54 Å². The highest BCUT2D eigenvalue weighted by Crippen LogP contribution is 2.36. The lowest BCUT2D eigenvalue weighted by atomic mass is 10.1. The highest BCUT2D eigenvalue weighted by Gasteiger charge is 2.14. The van der Waals surface area contributed by atoms with Gasteiger partial charge in [0.2, 0.25) is 0 Å². The maximum Gasteiger partial charge on any atom is 0.139 e. The molecule has 5 rings (SSSR count). The van der Waals surface area contributed by atoms with Crippen LogP contribution in [0.5, 0.6) is 0 Å². The van der Waals surface area contributed by atoms with Crippen molar-refractivity contribution in [3.05, 3.63) is 65.9 Å². The predicted octanol–water partition coefficient (Wildman–Crippen LogP) is 4.97. The first-order chi connectivity index (χ1) is 13.9. The van der Waals surface area contributed by atoms with Crippen LogP contribution in [0.2, 0.25) is 0 Å². The Labute approximate surface area is 168 Å². The molecule has 6 heteroatoms. The molecule has 0 spiro atoms. The summed E-state index contributed by atoms with van der Waals surface area (Å²) in [6.07, 6.45) is 6.12. The first-order valence-electron chi connectivity index (χ1n) is 9.60. The molecule has 0 radical (unpaired) electrons. The second-order valence-electron chi connectivity index (χ2n) is 6.99. The Morgan fingerprint density at radius 3 is 2.61 bits per heavy atom. The third-order valence-electron chi connectivity index (χ3n) is 5.15. The van der Waals surface area contributed by atoms with Crippen molar-refractivity contribution in [3.8, 4) is 11.1 Å². The molecule has 0 saturated carbocycles. The molecule has 1 aliphatic heterocycles. The van der Waals surface area contributed by atoms with Crippen LogP contribution < -0.4 is 10.2 Å². The molecule has 0 atom stereocenters. The molecule has 5 nitrogen and oxygen atoms in total. The van der Waals surface area contributed by atoms with E-state index >= 15 is 0 Å². The summed E-state index contributed by atoms with van der Waals surface area (Å²) in [6, 6.07) is 14.7. The van der Waals surface area contributed by atoms with Crippen molar-refractivity contribution >= 4 is 33.2 Å². The number of rotatable bonds is 5. The van der Waals surface area contributed by atoms with E-state index in [2.05, 4.69) is 66.9 Å². The van der Waals surface area contributed by atoms with Crippen LogP contribution in [0, 0.1) is 0 Å². The average molecular weight is 388 g/mol. The maximum atomic E-state index is 4.65. The first kappa shape index (κ1) is 17.1. The maximum absolute atomic E-state index is 4.65. The lowest BCUT2D eigenvalue weighted by Gasteiger charge is -2.16. The summed E-state index contributed by atoms with van der Waals surface area (Å²) in [7, 11) is 0. The first-order valence-corrected chi connectivity index (χ1v) is 10.5. The summed E-state index contributed by atoms with van der Waals surface area (Å²) in [6.45, 7) is 2.91. The lowest BCUT2D eigenvalue weighted by molar-refractivity contribution is 0.932. The van der Waals surface area contributed by atoms with Gasteiger partial charge in [-0.1, -0.05) is 36.4 Å². The fourth-order valence-corrected chi connectivity index (χ4v) is 4.60. The average Bonchev–Trinajstić information content (AvgIpc) is 3.44. The number of hydrogen-bond acceptors (Lipinski definition) is 6. The Balaban J connectivity index is 1.39. The highest BCUT2D eigenvalue weighted by atomic mass is 32.1. The zero-order valence-corrected chi connectivity index (χ0v) is 16.3. The SMILES string of the molecule is c1ccc(-c2csc3ncnc(NCc4ccc(N5CCCC5)nc4)c23)cc1.